The average molecular weight is 326 g/mol. The van der Waals surface area contributed by atoms with Gasteiger partial charge in [0, 0.05) is 6.20 Å². The van der Waals surface area contributed by atoms with Gasteiger partial charge in [0.25, 0.3) is 0 Å². The van der Waals surface area contributed by atoms with E-state index in [1.807, 2.05) is 31.2 Å². The van der Waals surface area contributed by atoms with Crippen molar-refractivity contribution in [2.45, 2.75) is 13.3 Å². The molecule has 24 heavy (non-hydrogen) atoms. The molecule has 0 radical (unpaired) electrons. The molecular formula is C17H15FN4O2. The number of imidazole rings is 1. The number of pyridine rings is 1. The lowest BCUT2D eigenvalue weighted by molar-refractivity contribution is -0.139. The van der Waals surface area contributed by atoms with Gasteiger partial charge in [-0.25, -0.2) is 9.37 Å². The molecule has 122 valence electrons. The fourth-order valence-corrected chi connectivity index (χ4v) is 2.27. The SMILES string of the molecule is COC(=O)Cc1nc2ccc(F)cn2c1N=Nc1ccccc1C. The number of aryl methyl sites for hydroxylation is 1. The first-order valence-electron chi connectivity index (χ1n) is 7.29. The summed E-state index contributed by atoms with van der Waals surface area (Å²) < 4.78 is 19.7. The van der Waals surface area contributed by atoms with Crippen LogP contribution in [0.5, 0.6) is 0 Å². The molecule has 0 saturated heterocycles. The molecule has 7 heteroatoms. The first-order valence-corrected chi connectivity index (χ1v) is 7.29. The van der Waals surface area contributed by atoms with Gasteiger partial charge < -0.3 is 4.74 Å². The molecule has 3 rings (SSSR count). The fourth-order valence-electron chi connectivity index (χ4n) is 2.27. The van der Waals surface area contributed by atoms with Crippen LogP contribution in [0.3, 0.4) is 0 Å². The summed E-state index contributed by atoms with van der Waals surface area (Å²) in [6.07, 6.45) is 1.19. The molecule has 0 N–H and O–H groups in total. The average Bonchev–Trinajstić information content (AvgIpc) is 2.90. The van der Waals surface area contributed by atoms with E-state index >= 15 is 0 Å². The smallest absolute Gasteiger partial charge is 0.311 e. The van der Waals surface area contributed by atoms with Crippen molar-refractivity contribution in [3.8, 4) is 0 Å². The Hall–Kier alpha value is -3.09. The van der Waals surface area contributed by atoms with E-state index in [1.165, 1.54) is 29.8 Å². The molecule has 0 bridgehead atoms. The van der Waals surface area contributed by atoms with E-state index in [0.29, 0.717) is 22.8 Å². The number of carbonyl (C=O) groups excluding carboxylic acids is 1. The lowest BCUT2D eigenvalue weighted by Gasteiger charge is -2.00. The van der Waals surface area contributed by atoms with Crippen LogP contribution in [0.1, 0.15) is 11.3 Å². The Morgan fingerprint density at radius 1 is 1.25 bits per heavy atom. The number of hydrogen-bond donors (Lipinski definition) is 0. The first kappa shape index (κ1) is 15.8. The third kappa shape index (κ3) is 3.15. The molecule has 3 aromatic rings. The first-order chi connectivity index (χ1) is 11.6. The lowest BCUT2D eigenvalue weighted by atomic mass is 10.2. The Bertz CT molecular complexity index is 933. The summed E-state index contributed by atoms with van der Waals surface area (Å²) >= 11 is 0. The Kier molecular flexibility index (Phi) is 4.33. The van der Waals surface area contributed by atoms with Gasteiger partial charge in [0.2, 0.25) is 0 Å². The number of nitrogens with zero attached hydrogens (tertiary/aromatic N) is 4. The third-order valence-electron chi connectivity index (χ3n) is 3.53. The number of esters is 1. The van der Waals surface area contributed by atoms with Crippen molar-refractivity contribution in [1.29, 1.82) is 0 Å². The highest BCUT2D eigenvalue weighted by molar-refractivity contribution is 5.74. The van der Waals surface area contributed by atoms with E-state index in [1.54, 1.807) is 0 Å². The summed E-state index contributed by atoms with van der Waals surface area (Å²) in [6.45, 7) is 1.91. The van der Waals surface area contributed by atoms with Crippen LogP contribution in [0.25, 0.3) is 5.65 Å². The maximum Gasteiger partial charge on any atom is 0.311 e. The summed E-state index contributed by atoms with van der Waals surface area (Å²) in [5, 5.41) is 8.42. The summed E-state index contributed by atoms with van der Waals surface area (Å²) in [5.74, 6) is -0.582. The quantitative estimate of drug-likeness (QED) is 0.539. The zero-order chi connectivity index (χ0) is 17.1. The van der Waals surface area contributed by atoms with Gasteiger partial charge >= 0.3 is 5.97 Å². The van der Waals surface area contributed by atoms with Crippen LogP contribution in [-0.4, -0.2) is 22.5 Å². The summed E-state index contributed by atoms with van der Waals surface area (Å²) in [5.41, 5.74) is 2.50. The molecular weight excluding hydrogens is 311 g/mol. The predicted molar refractivity (Wildman–Crippen MR) is 86.2 cm³/mol. The minimum Gasteiger partial charge on any atom is -0.469 e. The molecule has 6 nitrogen and oxygen atoms in total. The van der Waals surface area contributed by atoms with E-state index in [0.717, 1.165) is 5.56 Å². The molecule has 0 fully saturated rings. The van der Waals surface area contributed by atoms with E-state index in [2.05, 4.69) is 19.9 Å². The second-order valence-electron chi connectivity index (χ2n) is 5.20. The van der Waals surface area contributed by atoms with Crippen LogP contribution in [0.2, 0.25) is 0 Å². The second-order valence-corrected chi connectivity index (χ2v) is 5.20. The normalized spacial score (nSPS) is 11.3. The number of azo groups is 1. The van der Waals surface area contributed by atoms with Crippen molar-refractivity contribution < 1.29 is 13.9 Å². The molecule has 0 aliphatic heterocycles. The molecule has 0 atom stereocenters. The van der Waals surface area contributed by atoms with Gasteiger partial charge in [-0.2, -0.15) is 0 Å². The van der Waals surface area contributed by atoms with E-state index in [4.69, 9.17) is 0 Å². The molecule has 0 amide bonds. The number of aromatic nitrogens is 2. The van der Waals surface area contributed by atoms with Crippen LogP contribution in [0, 0.1) is 12.7 Å². The van der Waals surface area contributed by atoms with Gasteiger partial charge in [0.05, 0.1) is 24.9 Å². The molecule has 1 aromatic carbocycles. The van der Waals surface area contributed by atoms with Gasteiger partial charge in [-0.3, -0.25) is 9.20 Å². The molecule has 2 heterocycles. The maximum atomic E-state index is 13.6. The fraction of sp³-hybridized carbons (Fsp3) is 0.176. The van der Waals surface area contributed by atoms with Crippen molar-refractivity contribution in [3.05, 3.63) is 59.7 Å². The summed E-state index contributed by atoms with van der Waals surface area (Å²) in [4.78, 5) is 15.9. The van der Waals surface area contributed by atoms with Crippen molar-refractivity contribution in [2.24, 2.45) is 10.2 Å². The van der Waals surface area contributed by atoms with Crippen LogP contribution >= 0.6 is 0 Å². The minimum absolute atomic E-state index is 0.0675. The molecule has 0 unspecified atom stereocenters. The molecule has 2 aromatic heterocycles. The topological polar surface area (TPSA) is 68.3 Å². The predicted octanol–water partition coefficient (Wildman–Crippen LogP) is 3.91. The summed E-state index contributed by atoms with van der Waals surface area (Å²) in [6, 6.07) is 10.3. The van der Waals surface area contributed by atoms with Crippen LogP contribution in [0.4, 0.5) is 15.9 Å². The number of methoxy groups -OCH3 is 1. The highest BCUT2D eigenvalue weighted by atomic mass is 19.1. The minimum atomic E-state index is -0.453. The Morgan fingerprint density at radius 3 is 2.79 bits per heavy atom. The number of fused-ring (bicyclic) bond motifs is 1. The number of halogens is 1. The van der Waals surface area contributed by atoms with Gasteiger partial charge in [-0.05, 0) is 30.7 Å². The molecule has 0 aliphatic rings. The Balaban J connectivity index is 2.09. The highest BCUT2D eigenvalue weighted by Crippen LogP contribution is 2.26. The third-order valence-corrected chi connectivity index (χ3v) is 3.53. The largest absolute Gasteiger partial charge is 0.469 e. The van der Waals surface area contributed by atoms with Crippen molar-refractivity contribution in [3.63, 3.8) is 0 Å². The maximum absolute atomic E-state index is 13.6. The highest BCUT2D eigenvalue weighted by Gasteiger charge is 2.16. The molecule has 0 saturated carbocycles. The van der Waals surface area contributed by atoms with E-state index < -0.39 is 11.8 Å². The van der Waals surface area contributed by atoms with E-state index in [-0.39, 0.29) is 6.42 Å². The second kappa shape index (κ2) is 6.57. The standard InChI is InChI=1S/C17H15FN4O2/c1-11-5-3-4-6-13(11)20-21-17-14(9-16(23)24-2)19-15-8-7-12(18)10-22(15)17/h3-8,10H,9H2,1-2H3. The van der Waals surface area contributed by atoms with Crippen LogP contribution < -0.4 is 0 Å². The zero-order valence-corrected chi connectivity index (χ0v) is 13.2. The van der Waals surface area contributed by atoms with Crippen molar-refractivity contribution in [1.82, 2.24) is 9.38 Å². The number of ether oxygens (including phenoxy) is 1. The molecule has 0 aliphatic carbocycles. The number of carbonyl (C=O) groups is 1. The zero-order valence-electron chi connectivity index (χ0n) is 13.2. The van der Waals surface area contributed by atoms with Crippen molar-refractivity contribution >= 4 is 23.1 Å². The van der Waals surface area contributed by atoms with Crippen LogP contribution in [-0.2, 0) is 16.0 Å². The van der Waals surface area contributed by atoms with Gasteiger partial charge in [0.1, 0.15) is 11.5 Å². The van der Waals surface area contributed by atoms with Crippen molar-refractivity contribution in [2.75, 3.05) is 7.11 Å². The monoisotopic (exact) mass is 326 g/mol. The van der Waals surface area contributed by atoms with Gasteiger partial charge in [0.15, 0.2) is 5.82 Å². The van der Waals surface area contributed by atoms with E-state index in [9.17, 15) is 9.18 Å². The number of benzene rings is 1. The Morgan fingerprint density at radius 2 is 2.04 bits per heavy atom. The van der Waals surface area contributed by atoms with Crippen LogP contribution in [0.15, 0.2) is 52.8 Å². The van der Waals surface area contributed by atoms with Gasteiger partial charge in [-0.1, -0.05) is 18.2 Å². The Labute approximate surface area is 137 Å². The van der Waals surface area contributed by atoms with Gasteiger partial charge in [-0.15, -0.1) is 10.2 Å². The number of hydrogen-bond acceptors (Lipinski definition) is 5. The number of rotatable bonds is 4. The molecule has 0 spiro atoms. The summed E-state index contributed by atoms with van der Waals surface area (Å²) in [7, 11) is 1.30. The lowest BCUT2D eigenvalue weighted by Crippen LogP contribution is -2.04.